The molecule has 0 aliphatic rings. The fraction of sp³-hybridized carbons (Fsp3) is 0.333. The van der Waals surface area contributed by atoms with E-state index >= 15 is 0 Å². The van der Waals surface area contributed by atoms with Crippen molar-refractivity contribution in [3.05, 3.63) is 17.6 Å². The molecule has 1 aromatic rings. The Morgan fingerprint density at radius 2 is 2.18 bits per heavy atom. The predicted molar refractivity (Wildman–Crippen MR) is 55.3 cm³/mol. The van der Waals surface area contributed by atoms with Crippen LogP contribution in [0.3, 0.4) is 0 Å². The first-order chi connectivity index (χ1) is 8.02. The fourth-order valence-corrected chi connectivity index (χ4v) is 0.975. The van der Waals surface area contributed by atoms with Gasteiger partial charge in [0.2, 0.25) is 5.82 Å². The van der Waals surface area contributed by atoms with Gasteiger partial charge in [-0.2, -0.15) is 0 Å². The number of carbonyl (C=O) groups is 2. The number of aromatic nitrogens is 2. The molecule has 0 unspecified atom stereocenters. The molecule has 92 valence electrons. The largest absolute Gasteiger partial charge is 0.479 e. The van der Waals surface area contributed by atoms with Crippen molar-refractivity contribution in [3.63, 3.8) is 0 Å². The van der Waals surface area contributed by atoms with E-state index in [0.29, 0.717) is 5.69 Å². The van der Waals surface area contributed by atoms with E-state index in [1.807, 2.05) is 0 Å². The zero-order valence-electron chi connectivity index (χ0n) is 9.26. The van der Waals surface area contributed by atoms with Crippen molar-refractivity contribution in [1.82, 2.24) is 9.97 Å². The Kier molecular flexibility index (Phi) is 4.35. The van der Waals surface area contributed by atoms with Crippen LogP contribution in [0.25, 0.3) is 0 Å². The monoisotopic (exact) mass is 241 g/mol. The third-order valence-corrected chi connectivity index (χ3v) is 1.59. The highest BCUT2D eigenvalue weighted by molar-refractivity contribution is 5.85. The minimum absolute atomic E-state index is 0.131. The molecular weight excluding hydrogens is 230 g/mol. The number of nitrogens with zero attached hydrogens (tertiary/aromatic N) is 2. The second kappa shape index (κ2) is 5.75. The summed E-state index contributed by atoms with van der Waals surface area (Å²) in [5.74, 6) is -1.76. The lowest BCUT2D eigenvalue weighted by molar-refractivity contribution is -0.141. The Balaban J connectivity index is 2.75. The fourth-order valence-electron chi connectivity index (χ4n) is 0.975. The maximum Gasteiger partial charge on any atom is 0.376 e. The van der Waals surface area contributed by atoms with Crippen molar-refractivity contribution in [1.29, 1.82) is 0 Å². The summed E-state index contributed by atoms with van der Waals surface area (Å²) in [5.41, 5.74) is 2.81. The van der Waals surface area contributed by atoms with Gasteiger partial charge in [0, 0.05) is 11.8 Å². The van der Waals surface area contributed by atoms with Gasteiger partial charge < -0.3 is 9.84 Å². The molecule has 0 fully saturated rings. The lowest BCUT2D eigenvalue weighted by Crippen LogP contribution is -2.14. The Morgan fingerprint density at radius 3 is 2.76 bits per heavy atom. The second-order valence-corrected chi connectivity index (χ2v) is 2.99. The molecule has 17 heavy (non-hydrogen) atoms. The number of anilines is 1. The smallest absolute Gasteiger partial charge is 0.376 e. The molecule has 0 saturated heterocycles. The van der Waals surface area contributed by atoms with Gasteiger partial charge in [-0.15, -0.1) is 0 Å². The Hall–Kier alpha value is -2.22. The standard InChI is InChI=1S/C9H11N3O5/c1-5-3-6(12-17-4-7(13)14)11-8(10-5)9(15)16-2/h3H,4H2,1-2H3,(H,13,14)(H,10,11,12). The van der Waals surface area contributed by atoms with Crippen molar-refractivity contribution in [3.8, 4) is 0 Å². The third-order valence-electron chi connectivity index (χ3n) is 1.59. The number of carboxylic acid groups (broad SMARTS) is 1. The molecule has 0 saturated carbocycles. The van der Waals surface area contributed by atoms with Gasteiger partial charge in [-0.3, -0.25) is 4.84 Å². The minimum atomic E-state index is -1.13. The van der Waals surface area contributed by atoms with Gasteiger partial charge in [0.25, 0.3) is 0 Å². The molecule has 1 rings (SSSR count). The number of carbonyl (C=O) groups excluding carboxylic acids is 1. The quantitative estimate of drug-likeness (QED) is 0.547. The molecule has 0 amide bonds. The van der Waals surface area contributed by atoms with E-state index < -0.39 is 18.5 Å². The molecule has 0 aromatic carbocycles. The molecule has 8 nitrogen and oxygen atoms in total. The first kappa shape index (κ1) is 12.8. The number of hydrogen-bond acceptors (Lipinski definition) is 7. The van der Waals surface area contributed by atoms with Crippen LogP contribution in [-0.4, -0.2) is 40.7 Å². The van der Waals surface area contributed by atoms with Gasteiger partial charge >= 0.3 is 11.9 Å². The molecule has 0 radical (unpaired) electrons. The minimum Gasteiger partial charge on any atom is -0.479 e. The topological polar surface area (TPSA) is 111 Å². The maximum atomic E-state index is 11.2. The number of carboxylic acids is 1. The van der Waals surface area contributed by atoms with Gasteiger partial charge in [-0.05, 0) is 6.92 Å². The summed E-state index contributed by atoms with van der Waals surface area (Å²) in [7, 11) is 1.21. The van der Waals surface area contributed by atoms with Crippen LogP contribution in [0.15, 0.2) is 6.07 Å². The van der Waals surface area contributed by atoms with Gasteiger partial charge in [0.15, 0.2) is 12.4 Å². The van der Waals surface area contributed by atoms with E-state index in [-0.39, 0.29) is 11.6 Å². The summed E-state index contributed by atoms with van der Waals surface area (Å²) in [6.45, 7) is 1.12. The Bertz CT molecular complexity index is 435. The Labute approximate surface area is 96.5 Å². The summed E-state index contributed by atoms with van der Waals surface area (Å²) in [6.07, 6.45) is 0. The lowest BCUT2D eigenvalue weighted by atomic mass is 10.4. The first-order valence-electron chi connectivity index (χ1n) is 4.56. The molecule has 1 aromatic heterocycles. The number of esters is 1. The van der Waals surface area contributed by atoms with Gasteiger partial charge in [0.05, 0.1) is 7.11 Å². The van der Waals surface area contributed by atoms with Gasteiger partial charge in [-0.25, -0.2) is 25.0 Å². The van der Waals surface area contributed by atoms with Crippen molar-refractivity contribution in [2.75, 3.05) is 19.2 Å². The van der Waals surface area contributed by atoms with Crippen LogP contribution in [-0.2, 0) is 14.4 Å². The average Bonchev–Trinajstić information content (AvgIpc) is 2.26. The summed E-state index contributed by atoms with van der Waals surface area (Å²) >= 11 is 0. The SMILES string of the molecule is COC(=O)c1nc(C)cc(NOCC(=O)O)n1. The van der Waals surface area contributed by atoms with Crippen LogP contribution in [0.4, 0.5) is 5.82 Å². The average molecular weight is 241 g/mol. The molecule has 1 heterocycles. The summed E-state index contributed by atoms with van der Waals surface area (Å²) in [4.78, 5) is 33.6. The van der Waals surface area contributed by atoms with Crippen molar-refractivity contribution in [2.24, 2.45) is 0 Å². The maximum absolute atomic E-state index is 11.2. The molecule has 0 aliphatic carbocycles. The van der Waals surface area contributed by atoms with E-state index in [1.165, 1.54) is 13.2 Å². The first-order valence-corrected chi connectivity index (χ1v) is 4.56. The number of ether oxygens (including phenoxy) is 1. The number of aliphatic carboxylic acids is 1. The zero-order valence-corrected chi connectivity index (χ0v) is 9.26. The zero-order chi connectivity index (χ0) is 12.8. The third kappa shape index (κ3) is 4.03. The molecule has 2 N–H and O–H groups in total. The van der Waals surface area contributed by atoms with E-state index in [1.54, 1.807) is 6.92 Å². The highest BCUT2D eigenvalue weighted by Gasteiger charge is 2.11. The summed E-state index contributed by atoms with van der Waals surface area (Å²) in [5, 5.41) is 8.36. The number of methoxy groups -OCH3 is 1. The van der Waals surface area contributed by atoms with E-state index in [2.05, 4.69) is 25.0 Å². The number of hydrogen-bond donors (Lipinski definition) is 2. The van der Waals surface area contributed by atoms with Gasteiger partial charge in [0.1, 0.15) is 0 Å². The summed E-state index contributed by atoms with van der Waals surface area (Å²) in [6, 6.07) is 1.49. The number of aryl methyl sites for hydroxylation is 1. The number of rotatable bonds is 5. The molecule has 0 aliphatic heterocycles. The molecule has 8 heteroatoms. The number of nitrogens with one attached hydrogen (secondary N) is 1. The van der Waals surface area contributed by atoms with E-state index in [4.69, 9.17) is 5.11 Å². The second-order valence-electron chi connectivity index (χ2n) is 2.99. The molecular formula is C9H11N3O5. The van der Waals surface area contributed by atoms with E-state index in [0.717, 1.165) is 0 Å². The van der Waals surface area contributed by atoms with Crippen LogP contribution >= 0.6 is 0 Å². The van der Waals surface area contributed by atoms with Crippen LogP contribution < -0.4 is 5.48 Å². The Morgan fingerprint density at radius 1 is 1.47 bits per heavy atom. The van der Waals surface area contributed by atoms with Crippen LogP contribution in [0.2, 0.25) is 0 Å². The van der Waals surface area contributed by atoms with Gasteiger partial charge in [-0.1, -0.05) is 0 Å². The van der Waals surface area contributed by atoms with Crippen molar-refractivity contribution in [2.45, 2.75) is 6.92 Å². The highest BCUT2D eigenvalue weighted by Crippen LogP contribution is 2.06. The van der Waals surface area contributed by atoms with E-state index in [9.17, 15) is 9.59 Å². The van der Waals surface area contributed by atoms with Crippen LogP contribution in [0.1, 0.15) is 16.3 Å². The van der Waals surface area contributed by atoms with Crippen molar-refractivity contribution < 1.29 is 24.3 Å². The van der Waals surface area contributed by atoms with Crippen molar-refractivity contribution >= 4 is 17.8 Å². The molecule has 0 spiro atoms. The molecule has 0 bridgehead atoms. The van der Waals surface area contributed by atoms with Crippen LogP contribution in [0.5, 0.6) is 0 Å². The normalized spacial score (nSPS) is 9.76. The predicted octanol–water partition coefficient (Wildman–Crippen LogP) is -0.000280. The molecule has 0 atom stereocenters. The van der Waals surface area contributed by atoms with Crippen LogP contribution in [0, 0.1) is 6.92 Å². The lowest BCUT2D eigenvalue weighted by Gasteiger charge is -2.06. The highest BCUT2D eigenvalue weighted by atomic mass is 16.7. The summed E-state index contributed by atoms with van der Waals surface area (Å²) < 4.78 is 4.46.